The van der Waals surface area contributed by atoms with E-state index in [-0.39, 0.29) is 82.4 Å². The van der Waals surface area contributed by atoms with Gasteiger partial charge < -0.3 is 36.6 Å². The average molecular weight is 1550 g/mol. The molecular weight excluding hydrogens is 1480 g/mol. The molecule has 0 spiro atoms. The number of unbranched alkanes of at least 4 members (excludes halogenated alkanes) is 2. The van der Waals surface area contributed by atoms with Crippen LogP contribution in [0.25, 0.3) is 10.8 Å². The molecule has 46 heteroatoms. The van der Waals surface area contributed by atoms with Crippen molar-refractivity contribution in [1.29, 1.82) is 0 Å². The zero-order valence-corrected chi connectivity index (χ0v) is 58.3. The number of fused-ring (bicyclic) bond motifs is 4. The van der Waals surface area contributed by atoms with Gasteiger partial charge in [0.05, 0.1) is 39.7 Å². The summed E-state index contributed by atoms with van der Waals surface area (Å²) in [5.74, 6) is -15.3. The van der Waals surface area contributed by atoms with Gasteiger partial charge in [0.15, 0.2) is 12.3 Å². The van der Waals surface area contributed by atoms with Crippen LogP contribution >= 0.6 is 0 Å². The van der Waals surface area contributed by atoms with E-state index < -0.39 is 235 Å². The third kappa shape index (κ3) is 23.3. The lowest BCUT2D eigenvalue weighted by atomic mass is 9.74. The van der Waals surface area contributed by atoms with Gasteiger partial charge in [-0.15, -0.1) is 0 Å². The molecule has 1 unspecified atom stereocenters. The normalized spacial score (nSPS) is 17.1. The van der Waals surface area contributed by atoms with E-state index in [2.05, 4.69) is 10.6 Å². The number of nitrogens with zero attached hydrogens (tertiary/aromatic N) is 2. The van der Waals surface area contributed by atoms with Crippen LogP contribution in [0.15, 0.2) is 70.1 Å². The number of rotatable bonds is 36. The highest BCUT2D eigenvalue weighted by Gasteiger charge is 2.49. The predicted octanol–water partition coefficient (Wildman–Crippen LogP) is -1.39. The summed E-state index contributed by atoms with van der Waals surface area (Å²) in [5.41, 5.74) is -3.80. The number of carbonyl (C=O) groups is 6. The van der Waals surface area contributed by atoms with E-state index in [4.69, 9.17) is 4.55 Å². The molecular formula is C52H70N7O31S8+. The quantitative estimate of drug-likeness (QED) is 0.0181. The molecule has 2 heterocycles. The monoisotopic (exact) mass is 1540 g/mol. The molecule has 3 aromatic rings. The predicted molar refractivity (Wildman–Crippen MR) is 345 cm³/mol. The largest absolute Gasteiger partial charge is 0.481 e. The summed E-state index contributed by atoms with van der Waals surface area (Å²) in [6.07, 6.45) is 2.85. The van der Waals surface area contributed by atoms with Gasteiger partial charge in [0.1, 0.15) is 28.5 Å². The highest BCUT2D eigenvalue weighted by Crippen LogP contribution is 2.53. The third-order valence-corrected chi connectivity index (χ3v) is 21.4. The fourth-order valence-electron chi connectivity index (χ4n) is 11.1. The summed E-state index contributed by atoms with van der Waals surface area (Å²) >= 11 is 0. The summed E-state index contributed by atoms with van der Waals surface area (Å²) in [6, 6.07) is 1.07. The Balaban J connectivity index is 1.81. The van der Waals surface area contributed by atoms with Gasteiger partial charge in [-0.1, -0.05) is 18.9 Å². The van der Waals surface area contributed by atoms with Crippen LogP contribution in [-0.2, 0) is 111 Å². The highest BCUT2D eigenvalue weighted by atomic mass is 32.2. The second kappa shape index (κ2) is 31.2. The molecule has 98 heavy (non-hydrogen) atoms. The lowest BCUT2D eigenvalue weighted by molar-refractivity contribution is -0.436. The minimum absolute atomic E-state index is 0.000150. The number of anilines is 1. The number of aliphatic carboxylic acids is 1. The Morgan fingerprint density at radius 3 is 1.62 bits per heavy atom. The maximum atomic E-state index is 14.5. The van der Waals surface area contributed by atoms with Gasteiger partial charge >= 0.3 is 5.97 Å². The Labute approximate surface area is 562 Å². The van der Waals surface area contributed by atoms with Gasteiger partial charge in [0, 0.05) is 89.2 Å². The van der Waals surface area contributed by atoms with Crippen molar-refractivity contribution in [2.45, 2.75) is 98.4 Å². The van der Waals surface area contributed by atoms with Crippen LogP contribution in [0.3, 0.4) is 0 Å². The molecule has 5 amide bonds. The van der Waals surface area contributed by atoms with Crippen molar-refractivity contribution in [2.75, 3.05) is 72.1 Å². The first-order valence-electron chi connectivity index (χ1n) is 28.5. The van der Waals surface area contributed by atoms with E-state index in [0.717, 1.165) is 18.2 Å². The number of hydrogen-bond donors (Lipinski definition) is 14. The summed E-state index contributed by atoms with van der Waals surface area (Å²) in [5, 5.41) is 19.1. The first-order valence-corrected chi connectivity index (χ1v) is 41.1. The topological polar surface area (TPSA) is 624 Å². The van der Waals surface area contributed by atoms with Crippen molar-refractivity contribution in [3.63, 3.8) is 0 Å². The van der Waals surface area contributed by atoms with E-state index in [1.165, 1.54) is 53.7 Å². The average Bonchev–Trinajstić information content (AvgIpc) is 1.55. The maximum absolute atomic E-state index is 14.5. The van der Waals surface area contributed by atoms with Gasteiger partial charge in [-0.2, -0.15) is 71.9 Å². The van der Waals surface area contributed by atoms with Crippen molar-refractivity contribution in [1.82, 2.24) is 26.6 Å². The molecule has 2 aliphatic rings. The van der Waals surface area contributed by atoms with Crippen molar-refractivity contribution in [3.8, 4) is 0 Å². The van der Waals surface area contributed by atoms with Crippen LogP contribution in [0.2, 0.25) is 0 Å². The fraction of sp³-hybridized carbons (Fsp3) is 0.481. The molecule has 0 aromatic heterocycles. The van der Waals surface area contributed by atoms with E-state index in [9.17, 15) is 133 Å². The molecule has 2 aliphatic heterocycles. The lowest BCUT2D eigenvalue weighted by Crippen LogP contribution is -2.57. The Hall–Kier alpha value is -7.03. The first kappa shape index (κ1) is 81.6. The molecule has 0 aliphatic carbocycles. The Kier molecular flexibility index (Phi) is 26.0. The highest BCUT2D eigenvalue weighted by molar-refractivity contribution is 7.87. The Bertz CT molecular complexity index is 4770. The molecule has 546 valence electrons. The number of allylic oxidation sites excluding steroid dienone is 4. The van der Waals surface area contributed by atoms with Gasteiger partial charge in [0.25, 0.3) is 92.8 Å². The van der Waals surface area contributed by atoms with Crippen LogP contribution in [0.1, 0.15) is 97.6 Å². The molecule has 0 fully saturated rings. The van der Waals surface area contributed by atoms with E-state index in [1.807, 2.05) is 10.6 Å². The Morgan fingerprint density at radius 1 is 0.561 bits per heavy atom. The third-order valence-electron chi connectivity index (χ3n) is 15.2. The number of amides is 5. The van der Waals surface area contributed by atoms with Gasteiger partial charge in [-0.3, -0.25) is 65.2 Å². The van der Waals surface area contributed by atoms with E-state index in [0.29, 0.717) is 6.07 Å². The maximum Gasteiger partial charge on any atom is 0.303 e. The molecule has 5 rings (SSSR count). The summed E-state index contributed by atoms with van der Waals surface area (Å²) in [7, 11) is -40.1. The van der Waals surface area contributed by atoms with Crippen LogP contribution < -0.4 is 31.5 Å². The molecule has 0 saturated heterocycles. The van der Waals surface area contributed by atoms with Crippen molar-refractivity contribution in [3.05, 3.63) is 82.6 Å². The van der Waals surface area contributed by atoms with E-state index >= 15 is 0 Å². The van der Waals surface area contributed by atoms with Crippen LogP contribution in [0.5, 0.6) is 0 Å². The minimum atomic E-state index is -5.36. The number of nitrogens with one attached hydrogen (secondary N) is 5. The van der Waals surface area contributed by atoms with Crippen molar-refractivity contribution >= 4 is 144 Å². The van der Waals surface area contributed by atoms with Gasteiger partial charge in [0.2, 0.25) is 23.4 Å². The minimum Gasteiger partial charge on any atom is -0.481 e. The number of carbonyl (C=O) groups excluding carboxylic acids is 5. The number of carboxylic acid groups (broad SMARTS) is 1. The standard InChI is InChI=1S/C52H69N7O31S8/c1-51(2)41(9-7-10-42-52(3,15-6-4-5-11-44(61)62)46-35(48(64)54-17-23-93(73,74)75)25-31(47(63)53-16-22-92(70,71)72)26-39(46)58(42)19-8-21-91(67,68)69)59(38-13-12-33-34(45(38)51)27-32(97(85,86)87)28-40(33)98(88,89)90)20-14-43(60)56-37(30-96(82,83)84)50(66)57-36(29-95(79,80)81)49(65)55-18-24-94(76,77)78/h7,9-10,12-13,25-28,36-37H,4-6,8,11,14-24,29-30H2,1-3H3,(H13-,53,54,55,56,57,60,61,62,63,64,65,66,67,68,69,70,71,72,73,74,75,76,77,78,79,80,81,82,83,84,85,86,87,88,89,90)/p+1/t36-,37-,52?/m0/s1. The molecule has 0 bridgehead atoms. The summed E-state index contributed by atoms with van der Waals surface area (Å²) < 4.78 is 273. The number of hydrogen-bond acceptors (Lipinski definition) is 23. The smallest absolute Gasteiger partial charge is 0.303 e. The second-order valence-electron chi connectivity index (χ2n) is 23.1. The van der Waals surface area contributed by atoms with Crippen LogP contribution in [-0.4, -0.2) is 234 Å². The molecule has 3 aromatic carbocycles. The number of carboxylic acids is 1. The summed E-state index contributed by atoms with van der Waals surface area (Å²) in [6.45, 7) is 1.14. The van der Waals surface area contributed by atoms with Gasteiger partial charge in [-0.05, 0) is 81.8 Å². The molecule has 0 radical (unpaired) electrons. The Morgan fingerprint density at radius 2 is 1.10 bits per heavy atom. The van der Waals surface area contributed by atoms with E-state index in [1.54, 1.807) is 12.2 Å². The summed E-state index contributed by atoms with van der Waals surface area (Å²) in [4.78, 5) is 80.1. The molecule has 3 atom stereocenters. The zero-order valence-electron chi connectivity index (χ0n) is 51.7. The van der Waals surface area contributed by atoms with Gasteiger partial charge in [-0.25, -0.2) is 0 Å². The van der Waals surface area contributed by atoms with Crippen LogP contribution in [0, 0.1) is 0 Å². The first-order chi connectivity index (χ1) is 44.6. The second-order valence-corrected chi connectivity index (χ2v) is 35.2. The SMILES string of the molecule is CC1(C)C(C=CC=C2N(CCCS(=O)(=O)O)c3cc(C(=O)NCCS(=O)(=O)O)cc(C(=O)NCCS(=O)(=O)O)c3C2(C)CCCCCC(=O)O)=[N+](CCC(=O)N[C@@H](CS(=O)(=O)O)C(=O)N[C@@H](CS(=O)(=O)O)C(=O)NCCS(=O)(=O)O)c2ccc3c(S(=O)(=O)O)cc(S(=O)(=O)O)cc3c21. The zero-order chi connectivity index (χ0) is 74.3. The molecule has 38 nitrogen and oxygen atoms in total. The van der Waals surface area contributed by atoms with Crippen molar-refractivity contribution < 1.29 is 142 Å². The lowest BCUT2D eigenvalue weighted by Gasteiger charge is -2.31. The van der Waals surface area contributed by atoms with Crippen molar-refractivity contribution in [2.24, 2.45) is 0 Å². The molecule has 0 saturated carbocycles. The van der Waals surface area contributed by atoms with Crippen LogP contribution in [0.4, 0.5) is 11.4 Å². The molecule has 14 N–H and O–H groups in total. The fourth-order valence-corrected chi connectivity index (χ4v) is 15.3. The number of benzene rings is 3.